The minimum atomic E-state index is -4.41. The monoisotopic (exact) mass is 256 g/mol. The van der Waals surface area contributed by atoms with Gasteiger partial charge in [0, 0.05) is 6.42 Å². The Kier molecular flexibility index (Phi) is 4.06. The predicted octanol–water partition coefficient (Wildman–Crippen LogP) is 4.59. The van der Waals surface area contributed by atoms with Gasteiger partial charge in [0.15, 0.2) is 0 Å². The van der Waals surface area contributed by atoms with E-state index >= 15 is 0 Å². The van der Waals surface area contributed by atoms with Crippen molar-refractivity contribution in [3.8, 4) is 0 Å². The van der Waals surface area contributed by atoms with Crippen LogP contribution in [-0.2, 0) is 12.6 Å². The highest BCUT2D eigenvalue weighted by Gasteiger charge is 2.30. The molecule has 0 aromatic heterocycles. The lowest BCUT2D eigenvalue weighted by Gasteiger charge is -2.08. The zero-order valence-corrected chi connectivity index (χ0v) is 8.70. The number of hydrogen-bond donors (Lipinski definition) is 0. The first kappa shape index (κ1) is 13.9. The second-order valence-corrected chi connectivity index (χ2v) is 3.66. The number of rotatable bonds is 3. The van der Waals surface area contributed by atoms with Gasteiger partial charge in [0.1, 0.15) is 0 Å². The summed E-state index contributed by atoms with van der Waals surface area (Å²) in [6.07, 6.45) is -9.54. The molecular weight excluding hydrogens is 246 g/mol. The smallest absolute Gasteiger partial charge is 0.171 e. The van der Waals surface area contributed by atoms with Crippen LogP contribution in [0.5, 0.6) is 0 Å². The van der Waals surface area contributed by atoms with E-state index in [0.29, 0.717) is 5.56 Å². The molecule has 0 fully saturated rings. The average Bonchev–Trinajstić information content (AvgIpc) is 2.15. The van der Waals surface area contributed by atoms with Gasteiger partial charge in [0.2, 0.25) is 0 Å². The maximum absolute atomic E-state index is 12.2. The first-order chi connectivity index (χ1) is 7.68. The number of hydrogen-bond acceptors (Lipinski definition) is 0. The quantitative estimate of drug-likeness (QED) is 0.694. The molecule has 0 aliphatic heterocycles. The molecule has 0 saturated heterocycles. The van der Waals surface area contributed by atoms with Gasteiger partial charge in [-0.1, -0.05) is 12.1 Å². The van der Waals surface area contributed by atoms with Gasteiger partial charge in [-0.3, -0.25) is 0 Å². The maximum atomic E-state index is 12.2. The zero-order chi connectivity index (χ0) is 13.1. The van der Waals surface area contributed by atoms with E-state index in [4.69, 9.17) is 0 Å². The van der Waals surface area contributed by atoms with E-state index in [-0.39, 0.29) is 12.8 Å². The number of aryl methyl sites for hydroxylation is 1. The molecule has 0 radical (unpaired) electrons. The van der Waals surface area contributed by atoms with Crippen molar-refractivity contribution in [2.75, 3.05) is 0 Å². The fraction of sp³-hybridized carbons (Fsp3) is 0.455. The third-order valence-electron chi connectivity index (χ3n) is 2.21. The van der Waals surface area contributed by atoms with Gasteiger partial charge in [-0.2, -0.15) is 26.3 Å². The fourth-order valence-corrected chi connectivity index (χ4v) is 1.35. The Morgan fingerprint density at radius 3 is 1.76 bits per heavy atom. The number of alkyl halides is 6. The van der Waals surface area contributed by atoms with E-state index in [1.54, 1.807) is 0 Å². The van der Waals surface area contributed by atoms with Gasteiger partial charge < -0.3 is 0 Å². The van der Waals surface area contributed by atoms with Crippen LogP contribution in [0.3, 0.4) is 0 Å². The maximum Gasteiger partial charge on any atom is 0.416 e. The Morgan fingerprint density at radius 1 is 0.824 bits per heavy atom. The van der Waals surface area contributed by atoms with Crippen molar-refractivity contribution in [2.45, 2.75) is 31.6 Å². The van der Waals surface area contributed by atoms with Crippen molar-refractivity contribution < 1.29 is 26.3 Å². The van der Waals surface area contributed by atoms with E-state index in [1.165, 1.54) is 12.1 Å². The second-order valence-electron chi connectivity index (χ2n) is 3.66. The van der Waals surface area contributed by atoms with Gasteiger partial charge in [-0.15, -0.1) is 0 Å². The van der Waals surface area contributed by atoms with Gasteiger partial charge in [0.05, 0.1) is 5.56 Å². The molecule has 6 heteroatoms. The normalized spacial score (nSPS) is 12.8. The summed E-state index contributed by atoms with van der Waals surface area (Å²) < 4.78 is 72.0. The van der Waals surface area contributed by atoms with Crippen LogP contribution in [0, 0.1) is 0 Å². The molecule has 1 aromatic rings. The molecule has 0 unspecified atom stereocenters. The summed E-state index contributed by atoms with van der Waals surface area (Å²) >= 11 is 0. The van der Waals surface area contributed by atoms with E-state index < -0.39 is 24.3 Å². The van der Waals surface area contributed by atoms with Gasteiger partial charge in [-0.05, 0) is 30.5 Å². The zero-order valence-electron chi connectivity index (χ0n) is 8.70. The molecule has 17 heavy (non-hydrogen) atoms. The number of benzene rings is 1. The molecule has 1 aromatic carbocycles. The van der Waals surface area contributed by atoms with Crippen LogP contribution >= 0.6 is 0 Å². The van der Waals surface area contributed by atoms with Crippen molar-refractivity contribution >= 4 is 0 Å². The minimum absolute atomic E-state index is 0.116. The first-order valence-electron chi connectivity index (χ1n) is 4.91. The first-order valence-corrected chi connectivity index (χ1v) is 4.91. The van der Waals surface area contributed by atoms with Crippen LogP contribution in [0.25, 0.3) is 0 Å². The number of halogens is 6. The lowest BCUT2D eigenvalue weighted by molar-refractivity contribution is -0.137. The Hall–Kier alpha value is -1.20. The molecule has 0 saturated carbocycles. The van der Waals surface area contributed by atoms with Gasteiger partial charge in [-0.25, -0.2) is 0 Å². The van der Waals surface area contributed by atoms with Gasteiger partial charge >= 0.3 is 12.4 Å². The van der Waals surface area contributed by atoms with Crippen molar-refractivity contribution in [3.05, 3.63) is 35.4 Å². The summed E-state index contributed by atoms with van der Waals surface area (Å²) in [6.45, 7) is 0. The van der Waals surface area contributed by atoms with Crippen molar-refractivity contribution in [1.29, 1.82) is 0 Å². The third-order valence-corrected chi connectivity index (χ3v) is 2.21. The highest BCUT2D eigenvalue weighted by molar-refractivity contribution is 5.24. The second kappa shape index (κ2) is 4.98. The van der Waals surface area contributed by atoms with E-state index in [2.05, 4.69) is 0 Å². The lowest BCUT2D eigenvalue weighted by atomic mass is 10.1. The molecule has 0 nitrogen and oxygen atoms in total. The largest absolute Gasteiger partial charge is 0.416 e. The Labute approximate surface area is 94.2 Å². The average molecular weight is 256 g/mol. The standard InChI is InChI=1S/C11H10F6/c12-10(13,14)7-1-2-8-3-5-9(6-4-8)11(15,16)17/h3-6H,1-2,7H2. The highest BCUT2D eigenvalue weighted by Crippen LogP contribution is 2.29. The van der Waals surface area contributed by atoms with Crippen molar-refractivity contribution in [3.63, 3.8) is 0 Å². The summed E-state index contributed by atoms with van der Waals surface area (Å²) in [5.41, 5.74) is -0.320. The van der Waals surface area contributed by atoms with Crippen LogP contribution in [0.1, 0.15) is 24.0 Å². The predicted molar refractivity (Wildman–Crippen MR) is 50.4 cm³/mol. The molecule has 0 aliphatic carbocycles. The van der Waals surface area contributed by atoms with Crippen LogP contribution < -0.4 is 0 Å². The van der Waals surface area contributed by atoms with E-state index in [9.17, 15) is 26.3 Å². The molecule has 0 heterocycles. The lowest BCUT2D eigenvalue weighted by Crippen LogP contribution is -2.07. The van der Waals surface area contributed by atoms with E-state index in [0.717, 1.165) is 12.1 Å². The van der Waals surface area contributed by atoms with Crippen LogP contribution in [0.15, 0.2) is 24.3 Å². The molecule has 0 amide bonds. The Morgan fingerprint density at radius 2 is 1.35 bits per heavy atom. The Bertz CT molecular complexity index is 346. The summed E-state index contributed by atoms with van der Waals surface area (Å²) in [4.78, 5) is 0. The SMILES string of the molecule is FC(F)(F)CCCc1ccc(C(F)(F)F)cc1. The third kappa shape index (κ3) is 5.10. The topological polar surface area (TPSA) is 0 Å². The minimum Gasteiger partial charge on any atom is -0.171 e. The molecular formula is C11H10F6. The summed E-state index contributed by atoms with van der Waals surface area (Å²) in [5.74, 6) is 0. The fourth-order valence-electron chi connectivity index (χ4n) is 1.35. The van der Waals surface area contributed by atoms with Crippen molar-refractivity contribution in [2.24, 2.45) is 0 Å². The summed E-state index contributed by atoms with van der Waals surface area (Å²) in [6, 6.07) is 4.17. The highest BCUT2D eigenvalue weighted by atomic mass is 19.4. The van der Waals surface area contributed by atoms with Crippen molar-refractivity contribution in [1.82, 2.24) is 0 Å². The molecule has 0 atom stereocenters. The molecule has 1 rings (SSSR count). The molecule has 0 bridgehead atoms. The molecule has 0 aliphatic rings. The van der Waals surface area contributed by atoms with Crippen LogP contribution in [0.4, 0.5) is 26.3 Å². The summed E-state index contributed by atoms with van der Waals surface area (Å²) in [7, 11) is 0. The van der Waals surface area contributed by atoms with Crippen LogP contribution in [0.2, 0.25) is 0 Å². The molecule has 0 N–H and O–H groups in total. The van der Waals surface area contributed by atoms with Gasteiger partial charge in [0.25, 0.3) is 0 Å². The summed E-state index contributed by atoms with van der Waals surface area (Å²) in [5, 5.41) is 0. The molecule has 0 spiro atoms. The molecule has 96 valence electrons. The van der Waals surface area contributed by atoms with E-state index in [1.807, 2.05) is 0 Å². The Balaban J connectivity index is 2.52. The van der Waals surface area contributed by atoms with Crippen LogP contribution in [-0.4, -0.2) is 6.18 Å².